The minimum atomic E-state index is -1.02. The van der Waals surface area contributed by atoms with E-state index >= 15 is 0 Å². The number of nitrogens with zero attached hydrogens (tertiary/aromatic N) is 2. The molecule has 1 aliphatic carbocycles. The molecular weight excluding hydrogens is 527 g/mol. The van der Waals surface area contributed by atoms with Crippen molar-refractivity contribution >= 4 is 11.8 Å². The van der Waals surface area contributed by atoms with Gasteiger partial charge >= 0.3 is 188 Å². The summed E-state index contributed by atoms with van der Waals surface area (Å²) in [6, 6.07) is 6.00. The molecule has 32 heavy (non-hydrogen) atoms. The third kappa shape index (κ3) is 5.46. The summed E-state index contributed by atoms with van der Waals surface area (Å²) in [5.74, 6) is 1.08. The van der Waals surface area contributed by atoms with E-state index in [2.05, 4.69) is 4.90 Å². The molecule has 0 bridgehead atoms. The number of halogens is 1. The Morgan fingerprint density at radius 3 is 2.56 bits per heavy atom. The molecule has 2 atom stereocenters. The van der Waals surface area contributed by atoms with E-state index in [1.807, 2.05) is 23.1 Å². The van der Waals surface area contributed by atoms with Crippen LogP contribution in [0.25, 0.3) is 0 Å². The molecular formula is C22H32IN4O5-. The number of hydroxylamine groups is 1. The van der Waals surface area contributed by atoms with Crippen molar-refractivity contribution in [1.29, 1.82) is 0 Å². The summed E-state index contributed by atoms with van der Waals surface area (Å²) in [4.78, 5) is 29.9. The standard InChI is InChI=1S/C22H32IN4O5/c24-23-20(21(28)25-30)17(11-15-3-1-2-4-15)22(29)27-9-7-26(8-10-27)13-16-5-6-18-19(12-16)32-14-31-18/h5-6,12,15,17,20,30H,1-4,7-11,13-14,24H2,(H,25,28)/q-1/t17-,20?/m1/s1. The first-order chi connectivity index (χ1) is 15.6. The van der Waals surface area contributed by atoms with E-state index in [4.69, 9.17) is 13.4 Å². The zero-order valence-electron chi connectivity index (χ0n) is 18.2. The van der Waals surface area contributed by atoms with Gasteiger partial charge in [0.1, 0.15) is 0 Å². The van der Waals surface area contributed by atoms with Crippen LogP contribution in [-0.2, 0) is 16.1 Å². The van der Waals surface area contributed by atoms with Gasteiger partial charge in [-0.2, -0.15) is 0 Å². The van der Waals surface area contributed by atoms with Gasteiger partial charge in [-0.05, 0) is 0 Å². The fourth-order valence-electron chi connectivity index (χ4n) is 5.00. The average molecular weight is 559 g/mol. The summed E-state index contributed by atoms with van der Waals surface area (Å²) in [5, 5.41) is 9.19. The molecule has 1 unspecified atom stereocenters. The van der Waals surface area contributed by atoms with Crippen molar-refractivity contribution in [1.82, 2.24) is 15.3 Å². The summed E-state index contributed by atoms with van der Waals surface area (Å²) in [6.07, 6.45) is 5.25. The monoisotopic (exact) mass is 559 g/mol. The van der Waals surface area contributed by atoms with Gasteiger partial charge in [0.25, 0.3) is 0 Å². The first kappa shape index (κ1) is 23.5. The number of amides is 2. The van der Waals surface area contributed by atoms with E-state index in [0.717, 1.165) is 49.5 Å². The molecule has 9 nitrogen and oxygen atoms in total. The van der Waals surface area contributed by atoms with Crippen LogP contribution >= 0.6 is 0 Å². The number of alkyl halides is 1. The number of nitrogens with two attached hydrogens (primary N) is 1. The van der Waals surface area contributed by atoms with Gasteiger partial charge in [0.2, 0.25) is 6.79 Å². The molecule has 2 amide bonds. The van der Waals surface area contributed by atoms with Gasteiger partial charge in [0, 0.05) is 0 Å². The predicted octanol–water partition coefficient (Wildman–Crippen LogP) is -1.91. The Bertz CT molecular complexity index is 812. The number of fused-ring (bicyclic) bond motifs is 1. The van der Waals surface area contributed by atoms with Gasteiger partial charge in [-0.15, -0.1) is 0 Å². The normalized spacial score (nSPS) is 21.0. The molecule has 1 aromatic rings. The number of benzene rings is 1. The Kier molecular flexibility index (Phi) is 8.08. The van der Waals surface area contributed by atoms with Crippen LogP contribution in [0.1, 0.15) is 37.7 Å². The molecule has 1 saturated heterocycles. The van der Waals surface area contributed by atoms with E-state index in [9.17, 15) is 14.8 Å². The van der Waals surface area contributed by atoms with Crippen LogP contribution in [0.15, 0.2) is 18.2 Å². The van der Waals surface area contributed by atoms with Gasteiger partial charge < -0.3 is 4.74 Å². The number of carbonyl (C=O) groups is 2. The summed E-state index contributed by atoms with van der Waals surface area (Å²) in [6.45, 7) is 3.84. The zero-order valence-corrected chi connectivity index (χ0v) is 20.3. The minimum absolute atomic E-state index is 0.0124. The summed E-state index contributed by atoms with van der Waals surface area (Å²) < 4.78 is 16.2. The molecule has 0 aromatic heterocycles. The predicted molar refractivity (Wildman–Crippen MR) is 112 cm³/mol. The van der Waals surface area contributed by atoms with Gasteiger partial charge in [-0.1, -0.05) is 0 Å². The molecule has 4 N–H and O–H groups in total. The Balaban J connectivity index is 1.36. The molecule has 4 rings (SSSR count). The molecule has 1 aromatic carbocycles. The SMILES string of the molecule is N[I-]C(C(=O)NO)[C@@H](CC1CCCC1)C(=O)N1CCN(Cc2ccc3c(c2)OCO3)CC1. The Morgan fingerprint density at radius 2 is 1.88 bits per heavy atom. The van der Waals surface area contributed by atoms with Crippen molar-refractivity contribution in [3.05, 3.63) is 23.8 Å². The second kappa shape index (κ2) is 11.0. The fourth-order valence-corrected chi connectivity index (χ4v) is 6.57. The molecule has 3 aliphatic rings. The second-order valence-corrected chi connectivity index (χ2v) is 10.8. The van der Waals surface area contributed by atoms with E-state index in [0.29, 0.717) is 25.4 Å². The van der Waals surface area contributed by atoms with Gasteiger partial charge in [0.05, 0.1) is 0 Å². The molecule has 178 valence electrons. The van der Waals surface area contributed by atoms with Gasteiger partial charge in [0.15, 0.2) is 0 Å². The van der Waals surface area contributed by atoms with Crippen LogP contribution in [-0.4, -0.2) is 63.7 Å². The third-order valence-corrected chi connectivity index (χ3v) is 8.96. The van der Waals surface area contributed by atoms with Crippen molar-refractivity contribution in [2.45, 2.75) is 42.6 Å². The number of hydrogen-bond acceptors (Lipinski definition) is 7. The number of carbonyl (C=O) groups excluding carboxylic acids is 2. The van der Waals surface area contributed by atoms with Crippen LogP contribution in [0.3, 0.4) is 0 Å². The van der Waals surface area contributed by atoms with E-state index in [1.165, 1.54) is 12.8 Å². The van der Waals surface area contributed by atoms with E-state index in [1.54, 1.807) is 5.48 Å². The van der Waals surface area contributed by atoms with Gasteiger partial charge in [-0.25, -0.2) is 0 Å². The molecule has 1 saturated carbocycles. The Labute approximate surface area is 199 Å². The maximum absolute atomic E-state index is 13.5. The van der Waals surface area contributed by atoms with Gasteiger partial charge in [-0.3, -0.25) is 0 Å². The molecule has 0 radical (unpaired) electrons. The van der Waals surface area contributed by atoms with Crippen LogP contribution < -0.4 is 40.4 Å². The summed E-state index contributed by atoms with van der Waals surface area (Å²) in [7, 11) is 0. The first-order valence-electron chi connectivity index (χ1n) is 11.2. The summed E-state index contributed by atoms with van der Waals surface area (Å²) >= 11 is -1.02. The molecule has 2 fully saturated rings. The first-order valence-corrected chi connectivity index (χ1v) is 13.7. The quantitative estimate of drug-likeness (QED) is 0.112. The Hall–Kier alpha value is -1.63. The maximum atomic E-state index is 13.5. The number of piperazine rings is 1. The topological polar surface area (TPSA) is 117 Å². The van der Waals surface area contributed by atoms with Crippen molar-refractivity contribution in [2.75, 3.05) is 33.0 Å². The van der Waals surface area contributed by atoms with Crippen LogP contribution in [0.5, 0.6) is 11.5 Å². The molecule has 10 heteroatoms. The number of ether oxygens (including phenoxy) is 2. The number of nitrogens with one attached hydrogen (secondary N) is 1. The number of rotatable bonds is 8. The molecule has 0 spiro atoms. The van der Waals surface area contributed by atoms with Crippen molar-refractivity contribution in [2.24, 2.45) is 15.8 Å². The van der Waals surface area contributed by atoms with Crippen molar-refractivity contribution in [3.63, 3.8) is 0 Å². The third-order valence-electron chi connectivity index (χ3n) is 6.76. The fraction of sp³-hybridized carbons (Fsp3) is 0.636. The van der Waals surface area contributed by atoms with Crippen LogP contribution in [0, 0.1) is 11.8 Å². The Morgan fingerprint density at radius 1 is 1.16 bits per heavy atom. The molecule has 2 heterocycles. The molecule has 2 aliphatic heterocycles. The summed E-state index contributed by atoms with van der Waals surface area (Å²) in [5.41, 5.74) is 2.90. The van der Waals surface area contributed by atoms with Crippen molar-refractivity contribution in [3.8, 4) is 11.5 Å². The van der Waals surface area contributed by atoms with E-state index in [-0.39, 0.29) is 12.7 Å². The van der Waals surface area contributed by atoms with Crippen molar-refractivity contribution < 1.29 is 45.7 Å². The number of hydrogen-bond donors (Lipinski definition) is 3. The second-order valence-electron chi connectivity index (χ2n) is 8.79. The average Bonchev–Trinajstić information content (AvgIpc) is 3.50. The van der Waals surface area contributed by atoms with E-state index < -0.39 is 37.2 Å². The van der Waals surface area contributed by atoms with Crippen LogP contribution in [0.2, 0.25) is 0 Å². The van der Waals surface area contributed by atoms with Crippen LogP contribution in [0.4, 0.5) is 0 Å². The zero-order chi connectivity index (χ0) is 22.5.